The Morgan fingerprint density at radius 2 is 2.33 bits per heavy atom. The molecule has 0 radical (unpaired) electrons. The Kier molecular flexibility index (Phi) is 1.90. The Balaban J connectivity index is 1.93. The molecule has 1 spiro atoms. The molecule has 0 bridgehead atoms. The largest absolute Gasteiger partial charge is 0.330 e. The molecule has 2 atom stereocenters. The van der Waals surface area contributed by atoms with Crippen LogP contribution in [0.1, 0.15) is 24.0 Å². The van der Waals surface area contributed by atoms with Gasteiger partial charge in [0.1, 0.15) is 5.82 Å². The fourth-order valence-corrected chi connectivity index (χ4v) is 3.15. The molecular weight excluding hydrogens is 189 g/mol. The lowest BCUT2D eigenvalue weighted by molar-refractivity contribution is 0.385. The number of nitrogens with two attached hydrogens (primary N) is 1. The van der Waals surface area contributed by atoms with Gasteiger partial charge in [-0.2, -0.15) is 0 Å². The van der Waals surface area contributed by atoms with Gasteiger partial charge in [-0.1, -0.05) is 12.1 Å². The van der Waals surface area contributed by atoms with Crippen molar-refractivity contribution in [3.63, 3.8) is 0 Å². The number of fused-ring (bicyclic) bond motifs is 1. The molecule has 1 aromatic carbocycles. The van der Waals surface area contributed by atoms with Gasteiger partial charge in [0.2, 0.25) is 0 Å². The fraction of sp³-hybridized carbons (Fsp3) is 0.538. The molecular formula is C13H16FN. The van der Waals surface area contributed by atoms with Crippen molar-refractivity contribution < 1.29 is 4.39 Å². The second-order valence-corrected chi connectivity index (χ2v) is 5.05. The van der Waals surface area contributed by atoms with Crippen molar-refractivity contribution in [2.24, 2.45) is 17.1 Å². The number of halogens is 1. The van der Waals surface area contributed by atoms with E-state index in [0.29, 0.717) is 11.3 Å². The van der Waals surface area contributed by atoms with E-state index in [1.165, 1.54) is 18.4 Å². The van der Waals surface area contributed by atoms with Crippen LogP contribution in [0.4, 0.5) is 4.39 Å². The van der Waals surface area contributed by atoms with E-state index in [1.54, 1.807) is 6.07 Å². The predicted molar refractivity (Wildman–Crippen MR) is 58.0 cm³/mol. The van der Waals surface area contributed by atoms with Gasteiger partial charge in [0.05, 0.1) is 0 Å². The molecule has 0 aromatic heterocycles. The maximum Gasteiger partial charge on any atom is 0.126 e. The van der Waals surface area contributed by atoms with Crippen LogP contribution in [0.5, 0.6) is 0 Å². The summed E-state index contributed by atoms with van der Waals surface area (Å²) in [6.45, 7) is 0.768. The highest BCUT2D eigenvalue weighted by atomic mass is 19.1. The third kappa shape index (κ3) is 1.31. The highest BCUT2D eigenvalue weighted by Gasteiger charge is 2.54. The number of benzene rings is 1. The van der Waals surface area contributed by atoms with Crippen LogP contribution in [0.15, 0.2) is 18.2 Å². The van der Waals surface area contributed by atoms with E-state index in [2.05, 4.69) is 6.07 Å². The van der Waals surface area contributed by atoms with Gasteiger partial charge < -0.3 is 5.73 Å². The SMILES string of the molecule is NCC1CC12CCc1cccc(F)c1C2. The van der Waals surface area contributed by atoms with E-state index >= 15 is 0 Å². The van der Waals surface area contributed by atoms with Crippen LogP contribution in [-0.2, 0) is 12.8 Å². The van der Waals surface area contributed by atoms with Crippen LogP contribution >= 0.6 is 0 Å². The molecule has 0 amide bonds. The van der Waals surface area contributed by atoms with Crippen LogP contribution in [0.2, 0.25) is 0 Å². The van der Waals surface area contributed by atoms with Crippen LogP contribution in [0.25, 0.3) is 0 Å². The average molecular weight is 205 g/mol. The zero-order valence-electron chi connectivity index (χ0n) is 8.80. The molecule has 0 saturated heterocycles. The maximum absolute atomic E-state index is 13.6. The summed E-state index contributed by atoms with van der Waals surface area (Å²) in [6, 6.07) is 5.46. The second kappa shape index (κ2) is 3.05. The highest BCUT2D eigenvalue weighted by molar-refractivity contribution is 5.34. The smallest absolute Gasteiger partial charge is 0.126 e. The predicted octanol–water partition coefficient (Wildman–Crippen LogP) is 2.28. The van der Waals surface area contributed by atoms with Crippen molar-refractivity contribution in [3.8, 4) is 0 Å². The lowest BCUT2D eigenvalue weighted by atomic mass is 9.80. The Bertz CT molecular complexity index is 402. The van der Waals surface area contributed by atoms with Crippen molar-refractivity contribution in [2.45, 2.75) is 25.7 Å². The molecule has 1 nitrogen and oxygen atoms in total. The third-order valence-electron chi connectivity index (χ3n) is 4.28. The molecule has 1 aromatic rings. The minimum absolute atomic E-state index is 0.0192. The van der Waals surface area contributed by atoms with Crippen LogP contribution < -0.4 is 5.73 Å². The Morgan fingerprint density at radius 3 is 3.07 bits per heavy atom. The summed E-state index contributed by atoms with van der Waals surface area (Å²) in [4.78, 5) is 0. The van der Waals surface area contributed by atoms with Crippen LogP contribution in [-0.4, -0.2) is 6.54 Å². The molecule has 80 valence electrons. The number of hydrogen-bond donors (Lipinski definition) is 1. The lowest BCUT2D eigenvalue weighted by Gasteiger charge is -2.25. The van der Waals surface area contributed by atoms with Gasteiger partial charge in [-0.05, 0) is 60.8 Å². The topological polar surface area (TPSA) is 26.0 Å². The van der Waals surface area contributed by atoms with Crippen molar-refractivity contribution in [2.75, 3.05) is 6.54 Å². The summed E-state index contributed by atoms with van der Waals surface area (Å²) in [6.07, 6.45) is 4.35. The summed E-state index contributed by atoms with van der Waals surface area (Å²) >= 11 is 0. The molecule has 2 heteroatoms. The van der Waals surface area contributed by atoms with E-state index < -0.39 is 0 Å². The van der Waals surface area contributed by atoms with Gasteiger partial charge in [-0.25, -0.2) is 4.39 Å². The van der Waals surface area contributed by atoms with Gasteiger partial charge in [0.25, 0.3) is 0 Å². The zero-order valence-corrected chi connectivity index (χ0v) is 8.80. The highest BCUT2D eigenvalue weighted by Crippen LogP contribution is 2.59. The minimum Gasteiger partial charge on any atom is -0.330 e. The first-order chi connectivity index (χ1) is 7.25. The quantitative estimate of drug-likeness (QED) is 0.748. The zero-order chi connectivity index (χ0) is 10.5. The van der Waals surface area contributed by atoms with E-state index in [-0.39, 0.29) is 5.82 Å². The minimum atomic E-state index is -0.0192. The summed E-state index contributed by atoms with van der Waals surface area (Å²) in [5, 5.41) is 0. The summed E-state index contributed by atoms with van der Waals surface area (Å²) in [5.41, 5.74) is 8.24. The van der Waals surface area contributed by atoms with Crippen molar-refractivity contribution >= 4 is 0 Å². The Morgan fingerprint density at radius 1 is 1.47 bits per heavy atom. The monoisotopic (exact) mass is 205 g/mol. The number of rotatable bonds is 1. The first-order valence-electron chi connectivity index (χ1n) is 5.71. The van der Waals surface area contributed by atoms with Crippen molar-refractivity contribution in [1.29, 1.82) is 0 Å². The molecule has 0 heterocycles. The van der Waals surface area contributed by atoms with E-state index in [0.717, 1.165) is 24.9 Å². The summed E-state index contributed by atoms with van der Waals surface area (Å²) in [5.74, 6) is 0.625. The van der Waals surface area contributed by atoms with Gasteiger partial charge in [0.15, 0.2) is 0 Å². The third-order valence-corrected chi connectivity index (χ3v) is 4.28. The summed E-state index contributed by atoms with van der Waals surface area (Å²) < 4.78 is 13.6. The molecule has 1 fully saturated rings. The van der Waals surface area contributed by atoms with E-state index in [9.17, 15) is 4.39 Å². The molecule has 3 rings (SSSR count). The second-order valence-electron chi connectivity index (χ2n) is 5.05. The molecule has 2 unspecified atom stereocenters. The molecule has 1 saturated carbocycles. The molecule has 2 aliphatic carbocycles. The van der Waals surface area contributed by atoms with Gasteiger partial charge in [-0.3, -0.25) is 0 Å². The number of aryl methyl sites for hydroxylation is 1. The maximum atomic E-state index is 13.6. The lowest BCUT2D eigenvalue weighted by Crippen LogP contribution is -2.21. The average Bonchev–Trinajstić information content (AvgIpc) is 2.93. The Labute approximate surface area is 89.5 Å². The first kappa shape index (κ1) is 9.34. The summed E-state index contributed by atoms with van der Waals surface area (Å²) in [7, 11) is 0. The Hall–Kier alpha value is -0.890. The molecule has 2 aliphatic rings. The van der Waals surface area contributed by atoms with Gasteiger partial charge >= 0.3 is 0 Å². The van der Waals surface area contributed by atoms with E-state index in [4.69, 9.17) is 5.73 Å². The number of hydrogen-bond acceptors (Lipinski definition) is 1. The normalized spacial score (nSPS) is 32.8. The van der Waals surface area contributed by atoms with Crippen LogP contribution in [0, 0.1) is 17.2 Å². The van der Waals surface area contributed by atoms with Gasteiger partial charge in [-0.15, -0.1) is 0 Å². The molecule has 15 heavy (non-hydrogen) atoms. The standard InChI is InChI=1S/C13H16FN/c14-12-3-1-2-9-4-5-13(7-11(9)12)6-10(13)8-15/h1-3,10H,4-8,15H2. The molecule has 0 aliphatic heterocycles. The fourth-order valence-electron chi connectivity index (χ4n) is 3.15. The van der Waals surface area contributed by atoms with E-state index in [1.807, 2.05) is 6.07 Å². The van der Waals surface area contributed by atoms with Crippen molar-refractivity contribution in [3.05, 3.63) is 35.1 Å². The van der Waals surface area contributed by atoms with Gasteiger partial charge in [0, 0.05) is 0 Å². The molecule has 2 N–H and O–H groups in total. The van der Waals surface area contributed by atoms with Crippen LogP contribution in [0.3, 0.4) is 0 Å². The first-order valence-corrected chi connectivity index (χ1v) is 5.71. The van der Waals surface area contributed by atoms with Crippen molar-refractivity contribution in [1.82, 2.24) is 0 Å².